The largest absolute Gasteiger partial charge is 0.324 e. The van der Waals surface area contributed by atoms with Gasteiger partial charge in [-0.1, -0.05) is 19.1 Å². The molecule has 1 fully saturated rings. The van der Waals surface area contributed by atoms with Crippen molar-refractivity contribution in [2.45, 2.75) is 13.0 Å². The Morgan fingerprint density at radius 1 is 1.50 bits per heavy atom. The number of para-hydroxylation sites is 1. The van der Waals surface area contributed by atoms with Crippen LogP contribution in [0.2, 0.25) is 0 Å². The Balaban J connectivity index is 1.89. The quantitative estimate of drug-likeness (QED) is 0.869. The fourth-order valence-electron chi connectivity index (χ4n) is 1.97. The van der Waals surface area contributed by atoms with Gasteiger partial charge >= 0.3 is 0 Å². The minimum atomic E-state index is 0.0376. The zero-order valence-electron chi connectivity index (χ0n) is 10.4. The fourth-order valence-corrected chi connectivity index (χ4v) is 2.35. The number of hydrogen-bond donors (Lipinski definition) is 2. The number of nitrogens with one attached hydrogen (secondary N) is 2. The van der Waals surface area contributed by atoms with E-state index in [1.807, 2.05) is 24.3 Å². The van der Waals surface area contributed by atoms with E-state index in [0.29, 0.717) is 12.6 Å². The standard InChI is InChI=1S/C13H18BrN3O/c1-2-17(10-7-15-8-10)9-13(18)16-12-6-4-3-5-11(12)14/h3-6,10,15H,2,7-9H2,1H3,(H,16,18). The van der Waals surface area contributed by atoms with Crippen molar-refractivity contribution >= 4 is 27.5 Å². The third-order valence-corrected chi connectivity index (χ3v) is 3.87. The normalized spacial score (nSPS) is 15.5. The molecule has 2 N–H and O–H groups in total. The second kappa shape index (κ2) is 6.31. The van der Waals surface area contributed by atoms with Crippen LogP contribution >= 0.6 is 15.9 Å². The van der Waals surface area contributed by atoms with Crippen LogP contribution in [-0.4, -0.2) is 43.0 Å². The van der Waals surface area contributed by atoms with Gasteiger partial charge in [0.1, 0.15) is 0 Å². The Bertz CT molecular complexity index is 420. The highest BCUT2D eigenvalue weighted by Crippen LogP contribution is 2.21. The second-order valence-corrected chi connectivity index (χ2v) is 5.26. The maximum absolute atomic E-state index is 12.0. The minimum absolute atomic E-state index is 0.0376. The zero-order chi connectivity index (χ0) is 13.0. The number of halogens is 1. The number of hydrogen-bond acceptors (Lipinski definition) is 3. The van der Waals surface area contributed by atoms with Gasteiger partial charge in [0.25, 0.3) is 0 Å². The summed E-state index contributed by atoms with van der Waals surface area (Å²) in [6, 6.07) is 8.15. The highest BCUT2D eigenvalue weighted by Gasteiger charge is 2.24. The van der Waals surface area contributed by atoms with E-state index in [-0.39, 0.29) is 5.91 Å². The van der Waals surface area contributed by atoms with Gasteiger partial charge in [-0.05, 0) is 34.6 Å². The van der Waals surface area contributed by atoms with Crippen molar-refractivity contribution in [1.29, 1.82) is 0 Å². The molecule has 0 radical (unpaired) electrons. The number of likely N-dealkylation sites (N-methyl/N-ethyl adjacent to an activating group) is 1. The number of nitrogens with zero attached hydrogens (tertiary/aromatic N) is 1. The van der Waals surface area contributed by atoms with Crippen LogP contribution in [0.5, 0.6) is 0 Å². The van der Waals surface area contributed by atoms with Crippen LogP contribution < -0.4 is 10.6 Å². The lowest BCUT2D eigenvalue weighted by atomic mass is 10.1. The number of carbonyl (C=O) groups excluding carboxylic acids is 1. The number of anilines is 1. The van der Waals surface area contributed by atoms with Gasteiger partial charge in [-0.25, -0.2) is 0 Å². The Labute approximate surface area is 116 Å². The SMILES string of the molecule is CCN(CC(=O)Nc1ccccc1Br)C1CNC1. The molecule has 2 rings (SSSR count). The lowest BCUT2D eigenvalue weighted by Crippen LogP contribution is -2.58. The van der Waals surface area contributed by atoms with E-state index in [2.05, 4.69) is 38.4 Å². The summed E-state index contributed by atoms with van der Waals surface area (Å²) in [5.41, 5.74) is 0.824. The highest BCUT2D eigenvalue weighted by atomic mass is 79.9. The lowest BCUT2D eigenvalue weighted by molar-refractivity contribution is -0.118. The molecule has 0 bridgehead atoms. The van der Waals surface area contributed by atoms with Crippen LogP contribution in [0.3, 0.4) is 0 Å². The van der Waals surface area contributed by atoms with E-state index in [0.717, 1.165) is 29.8 Å². The first-order valence-corrected chi connectivity index (χ1v) is 6.99. The molecule has 1 aliphatic heterocycles. The first kappa shape index (κ1) is 13.5. The van der Waals surface area contributed by atoms with Gasteiger partial charge in [-0.2, -0.15) is 0 Å². The van der Waals surface area contributed by atoms with Gasteiger partial charge < -0.3 is 10.6 Å². The van der Waals surface area contributed by atoms with Crippen molar-refractivity contribution in [3.63, 3.8) is 0 Å². The average molecular weight is 312 g/mol. The van der Waals surface area contributed by atoms with Crippen LogP contribution in [-0.2, 0) is 4.79 Å². The molecule has 0 aliphatic carbocycles. The van der Waals surface area contributed by atoms with Gasteiger partial charge in [0.05, 0.1) is 12.2 Å². The van der Waals surface area contributed by atoms with E-state index in [1.54, 1.807) is 0 Å². The molecule has 0 aromatic heterocycles. The predicted molar refractivity (Wildman–Crippen MR) is 76.7 cm³/mol. The maximum atomic E-state index is 12.0. The average Bonchev–Trinajstić information content (AvgIpc) is 2.29. The van der Waals surface area contributed by atoms with Crippen LogP contribution in [0.4, 0.5) is 5.69 Å². The Morgan fingerprint density at radius 3 is 2.78 bits per heavy atom. The molecule has 5 heteroatoms. The second-order valence-electron chi connectivity index (χ2n) is 4.40. The summed E-state index contributed by atoms with van der Waals surface area (Å²) in [5, 5.41) is 6.16. The molecule has 1 aliphatic rings. The van der Waals surface area contributed by atoms with E-state index < -0.39 is 0 Å². The number of rotatable bonds is 5. The Hall–Kier alpha value is -0.910. The number of carbonyl (C=O) groups is 1. The smallest absolute Gasteiger partial charge is 0.238 e. The maximum Gasteiger partial charge on any atom is 0.238 e. The molecule has 1 heterocycles. The third kappa shape index (κ3) is 3.31. The summed E-state index contributed by atoms with van der Waals surface area (Å²) in [6.45, 7) is 5.40. The molecule has 98 valence electrons. The summed E-state index contributed by atoms with van der Waals surface area (Å²) < 4.78 is 0.909. The summed E-state index contributed by atoms with van der Waals surface area (Å²) in [4.78, 5) is 14.2. The van der Waals surface area contributed by atoms with E-state index in [9.17, 15) is 4.79 Å². The number of amides is 1. The van der Waals surface area contributed by atoms with Gasteiger partial charge in [-0.15, -0.1) is 0 Å². The van der Waals surface area contributed by atoms with Gasteiger partial charge in [-0.3, -0.25) is 9.69 Å². The van der Waals surface area contributed by atoms with Crippen molar-refractivity contribution in [1.82, 2.24) is 10.2 Å². The first-order chi connectivity index (χ1) is 8.70. The summed E-state index contributed by atoms with van der Waals surface area (Å²) in [7, 11) is 0. The molecular weight excluding hydrogens is 294 g/mol. The molecule has 1 amide bonds. The van der Waals surface area contributed by atoms with E-state index >= 15 is 0 Å². The minimum Gasteiger partial charge on any atom is -0.324 e. The molecular formula is C13H18BrN3O. The summed E-state index contributed by atoms with van der Waals surface area (Å²) >= 11 is 3.42. The molecule has 1 aromatic carbocycles. The van der Waals surface area contributed by atoms with E-state index in [1.165, 1.54) is 0 Å². The molecule has 0 spiro atoms. The topological polar surface area (TPSA) is 44.4 Å². The van der Waals surface area contributed by atoms with Crippen molar-refractivity contribution in [2.75, 3.05) is 31.5 Å². The Morgan fingerprint density at radius 2 is 2.22 bits per heavy atom. The molecule has 0 saturated carbocycles. The highest BCUT2D eigenvalue weighted by molar-refractivity contribution is 9.10. The van der Waals surface area contributed by atoms with Crippen molar-refractivity contribution in [2.24, 2.45) is 0 Å². The zero-order valence-corrected chi connectivity index (χ0v) is 12.0. The predicted octanol–water partition coefficient (Wildman–Crippen LogP) is 1.68. The lowest BCUT2D eigenvalue weighted by Gasteiger charge is -2.37. The molecule has 1 aromatic rings. The van der Waals surface area contributed by atoms with Crippen LogP contribution in [0, 0.1) is 0 Å². The van der Waals surface area contributed by atoms with Gasteiger partial charge in [0.15, 0.2) is 0 Å². The van der Waals surface area contributed by atoms with Crippen LogP contribution in [0.25, 0.3) is 0 Å². The molecule has 0 unspecified atom stereocenters. The summed E-state index contributed by atoms with van der Waals surface area (Å²) in [5.74, 6) is 0.0376. The number of benzene rings is 1. The van der Waals surface area contributed by atoms with Crippen molar-refractivity contribution in [3.8, 4) is 0 Å². The van der Waals surface area contributed by atoms with Crippen LogP contribution in [0.1, 0.15) is 6.92 Å². The third-order valence-electron chi connectivity index (χ3n) is 3.18. The molecule has 18 heavy (non-hydrogen) atoms. The van der Waals surface area contributed by atoms with Gasteiger partial charge in [0, 0.05) is 23.6 Å². The van der Waals surface area contributed by atoms with Gasteiger partial charge in [0.2, 0.25) is 5.91 Å². The van der Waals surface area contributed by atoms with Crippen molar-refractivity contribution in [3.05, 3.63) is 28.7 Å². The monoisotopic (exact) mass is 311 g/mol. The molecule has 0 atom stereocenters. The molecule has 1 saturated heterocycles. The van der Waals surface area contributed by atoms with E-state index in [4.69, 9.17) is 0 Å². The van der Waals surface area contributed by atoms with Crippen molar-refractivity contribution < 1.29 is 4.79 Å². The fraction of sp³-hybridized carbons (Fsp3) is 0.462. The Kier molecular flexibility index (Phi) is 4.74. The first-order valence-electron chi connectivity index (χ1n) is 6.20. The molecule has 4 nitrogen and oxygen atoms in total. The summed E-state index contributed by atoms with van der Waals surface area (Å²) in [6.07, 6.45) is 0. The van der Waals surface area contributed by atoms with Crippen LogP contribution in [0.15, 0.2) is 28.7 Å².